The van der Waals surface area contributed by atoms with Gasteiger partial charge >= 0.3 is 0 Å². The van der Waals surface area contributed by atoms with E-state index in [0.717, 1.165) is 86.5 Å². The van der Waals surface area contributed by atoms with Crippen LogP contribution in [0.2, 0.25) is 0 Å². The Kier molecular flexibility index (Phi) is 7.58. The van der Waals surface area contributed by atoms with Crippen LogP contribution in [0, 0.1) is 0 Å². The Morgan fingerprint density at radius 2 is 1.30 bits per heavy atom. The van der Waals surface area contributed by atoms with E-state index in [-0.39, 0.29) is 16.2 Å². The Bertz CT molecular complexity index is 4090. The fourth-order valence-corrected chi connectivity index (χ4v) is 13.0. The maximum absolute atomic E-state index is 7.01. The number of thiophene rings is 1. The van der Waals surface area contributed by atoms with Gasteiger partial charge in [0.05, 0.1) is 10.9 Å². The second kappa shape index (κ2) is 13.0. The lowest BCUT2D eigenvalue weighted by atomic mass is 9.59. The molecule has 8 aromatic carbocycles. The van der Waals surface area contributed by atoms with Gasteiger partial charge in [-0.25, -0.2) is 0 Å². The van der Waals surface area contributed by atoms with Gasteiger partial charge in [-0.05, 0) is 130 Å². The minimum atomic E-state index is 0.0575. The summed E-state index contributed by atoms with van der Waals surface area (Å²) in [7, 11) is 0.792. The van der Waals surface area contributed by atoms with Gasteiger partial charge in [0.1, 0.15) is 22.3 Å². The minimum absolute atomic E-state index is 0.0575. The predicted octanol–water partition coefficient (Wildman–Crippen LogP) is 15.7. The summed E-state index contributed by atoms with van der Waals surface area (Å²) in [5.41, 5.74) is 18.8. The zero-order chi connectivity index (χ0) is 44.6. The van der Waals surface area contributed by atoms with E-state index in [1.54, 1.807) is 0 Å². The highest BCUT2D eigenvalue weighted by atomic mass is 32.1. The topological polar surface area (TPSA) is 43.2 Å². The lowest BCUT2D eigenvalue weighted by Gasteiger charge is -2.41. The summed E-state index contributed by atoms with van der Waals surface area (Å²) in [6.07, 6.45) is 2.32. The van der Waals surface area contributed by atoms with Gasteiger partial charge in [0.2, 0.25) is 0 Å². The van der Waals surface area contributed by atoms with E-state index >= 15 is 0 Å². The number of hydrogen-bond donors (Lipinski definition) is 1. The first-order valence-corrected chi connectivity index (χ1v) is 24.4. The number of fused-ring (bicyclic) bond motifs is 16. The summed E-state index contributed by atoms with van der Waals surface area (Å²) < 4.78 is 19.0. The van der Waals surface area contributed by atoms with Gasteiger partial charge in [0.15, 0.2) is 7.28 Å². The minimum Gasteiger partial charge on any atom is -0.456 e. The van der Waals surface area contributed by atoms with E-state index in [0.29, 0.717) is 0 Å². The molecule has 0 fully saturated rings. The highest BCUT2D eigenvalue weighted by Crippen LogP contribution is 2.50. The fourth-order valence-electron chi connectivity index (χ4n) is 11.9. The summed E-state index contributed by atoms with van der Waals surface area (Å²) in [4.78, 5) is 0. The molecule has 320 valence electrons. The van der Waals surface area contributed by atoms with Crippen LogP contribution < -0.4 is 16.2 Å². The lowest BCUT2D eigenvalue weighted by Crippen LogP contribution is -2.37. The van der Waals surface area contributed by atoms with Crippen LogP contribution >= 0.6 is 11.3 Å². The van der Waals surface area contributed by atoms with Gasteiger partial charge in [0, 0.05) is 75.2 Å². The molecule has 12 aromatic rings. The maximum atomic E-state index is 7.01. The second-order valence-corrected chi connectivity index (χ2v) is 22.7. The second-order valence-electron chi connectivity index (χ2n) is 21.6. The van der Waals surface area contributed by atoms with Crippen LogP contribution in [0.1, 0.15) is 78.0 Å². The molecule has 5 heterocycles. The third-order valence-electron chi connectivity index (χ3n) is 15.6. The first-order chi connectivity index (χ1) is 31.8. The standard InChI is InChI=1S/C60H49BN2O2S/c1-58(2,3)32-16-18-33(19-17-32)62-46-27-41-40-26-43-44(60(6,7)25-24-59(43,4)5)30-51(40)64-50(41)29-39(46)36-20-21-38-54-47(23-22-37-34-12-8-10-14-49(34)65-57(37)54)63-48-28-42-35-13-9-11-15-52(35)66-53(42)31-45(48)61-55(36)56(38)63/h8-23,26-31,61-62H,24-25H2,1-7H3. The quantitative estimate of drug-likeness (QED) is 0.180. The molecule has 1 aliphatic carbocycles. The number of hydrogen-bond acceptors (Lipinski definition) is 4. The molecule has 66 heavy (non-hydrogen) atoms. The molecular weight excluding hydrogens is 824 g/mol. The third kappa shape index (κ3) is 5.33. The molecule has 0 radical (unpaired) electrons. The van der Waals surface area contributed by atoms with Crippen molar-refractivity contribution in [2.24, 2.45) is 0 Å². The Labute approximate surface area is 388 Å². The van der Waals surface area contributed by atoms with Crippen LogP contribution in [-0.4, -0.2) is 11.8 Å². The number of benzene rings is 8. The zero-order valence-corrected chi connectivity index (χ0v) is 39.3. The highest BCUT2D eigenvalue weighted by Gasteiger charge is 2.38. The Balaban J connectivity index is 1.07. The van der Waals surface area contributed by atoms with Crippen molar-refractivity contribution in [2.75, 3.05) is 5.32 Å². The first kappa shape index (κ1) is 38.5. The van der Waals surface area contributed by atoms with Crippen LogP contribution in [0.5, 0.6) is 0 Å². The number of nitrogens with one attached hydrogen (secondary N) is 1. The summed E-state index contributed by atoms with van der Waals surface area (Å²) in [6.45, 7) is 16.4. The lowest BCUT2D eigenvalue weighted by molar-refractivity contribution is 0.332. The molecule has 1 aliphatic heterocycles. The molecule has 6 heteroatoms. The smallest absolute Gasteiger partial charge is 0.198 e. The van der Waals surface area contributed by atoms with E-state index in [1.807, 2.05) is 11.3 Å². The molecule has 0 amide bonds. The molecule has 0 unspecified atom stereocenters. The van der Waals surface area contributed by atoms with E-state index in [2.05, 4.69) is 192 Å². The molecule has 14 rings (SSSR count). The van der Waals surface area contributed by atoms with Gasteiger partial charge in [0.25, 0.3) is 0 Å². The number of anilines is 2. The zero-order valence-electron chi connectivity index (χ0n) is 38.5. The maximum Gasteiger partial charge on any atom is 0.198 e. The van der Waals surface area contributed by atoms with Crippen LogP contribution in [-0.2, 0) is 16.2 Å². The molecule has 2 aliphatic rings. The van der Waals surface area contributed by atoms with Crippen LogP contribution in [0.15, 0.2) is 142 Å². The summed E-state index contributed by atoms with van der Waals surface area (Å²) in [6, 6.07) is 50.0. The molecular formula is C60H49BN2O2S. The van der Waals surface area contributed by atoms with E-state index in [4.69, 9.17) is 8.83 Å². The monoisotopic (exact) mass is 872 g/mol. The summed E-state index contributed by atoms with van der Waals surface area (Å²) in [5.74, 6) is 0. The molecule has 1 N–H and O–H groups in total. The fraction of sp³-hybridized carbons (Fsp3) is 0.200. The van der Waals surface area contributed by atoms with Crippen molar-refractivity contribution in [3.05, 3.63) is 150 Å². The van der Waals surface area contributed by atoms with Crippen molar-refractivity contribution in [3.8, 4) is 16.8 Å². The van der Waals surface area contributed by atoms with Gasteiger partial charge in [-0.3, -0.25) is 0 Å². The summed E-state index contributed by atoms with van der Waals surface area (Å²) >= 11 is 1.89. The number of nitrogens with zero attached hydrogens (tertiary/aromatic N) is 1. The predicted molar refractivity (Wildman–Crippen MR) is 284 cm³/mol. The van der Waals surface area contributed by atoms with Crippen molar-refractivity contribution >= 4 is 127 Å². The SMILES string of the molecule is CC(C)(C)c1ccc(Nc2cc3c(cc2-c2ccc4c5c6oc7ccccc7c6ccc5n5c4c2Bc2cc4sc6ccccc6c4cc2-5)oc2cc4c(cc23)C(C)(C)CCC4(C)C)cc1. The van der Waals surface area contributed by atoms with Crippen LogP contribution in [0.25, 0.3) is 103 Å². The molecule has 0 saturated carbocycles. The molecule has 0 bridgehead atoms. The van der Waals surface area contributed by atoms with Gasteiger partial charge in [-0.2, -0.15) is 0 Å². The van der Waals surface area contributed by atoms with Crippen molar-refractivity contribution in [1.29, 1.82) is 0 Å². The van der Waals surface area contributed by atoms with Gasteiger partial charge < -0.3 is 18.7 Å². The van der Waals surface area contributed by atoms with Crippen molar-refractivity contribution in [3.63, 3.8) is 0 Å². The molecule has 4 nitrogen and oxygen atoms in total. The largest absolute Gasteiger partial charge is 0.456 e. The van der Waals surface area contributed by atoms with Crippen molar-refractivity contribution < 1.29 is 8.83 Å². The normalized spacial score (nSPS) is 15.4. The Hall–Kier alpha value is -6.76. The Morgan fingerprint density at radius 1 is 0.591 bits per heavy atom. The number of furan rings is 2. The van der Waals surface area contributed by atoms with E-state index in [1.165, 1.54) is 75.3 Å². The van der Waals surface area contributed by atoms with Gasteiger partial charge in [-0.15, -0.1) is 11.3 Å². The number of aromatic nitrogens is 1. The molecule has 0 atom stereocenters. The van der Waals surface area contributed by atoms with Crippen molar-refractivity contribution in [2.45, 2.75) is 77.6 Å². The van der Waals surface area contributed by atoms with Crippen molar-refractivity contribution in [1.82, 2.24) is 4.57 Å². The molecule has 0 spiro atoms. The van der Waals surface area contributed by atoms with E-state index in [9.17, 15) is 0 Å². The Morgan fingerprint density at radius 3 is 2.11 bits per heavy atom. The number of rotatable bonds is 3. The number of para-hydroxylation sites is 1. The summed E-state index contributed by atoms with van der Waals surface area (Å²) in [5, 5.41) is 13.6. The first-order valence-electron chi connectivity index (χ1n) is 23.6. The van der Waals surface area contributed by atoms with Crippen LogP contribution in [0.3, 0.4) is 0 Å². The third-order valence-corrected chi connectivity index (χ3v) is 16.8. The van der Waals surface area contributed by atoms with E-state index < -0.39 is 0 Å². The van der Waals surface area contributed by atoms with Crippen LogP contribution in [0.4, 0.5) is 11.4 Å². The highest BCUT2D eigenvalue weighted by molar-refractivity contribution is 7.26. The average molecular weight is 873 g/mol. The molecule has 0 saturated heterocycles. The average Bonchev–Trinajstić information content (AvgIpc) is 4.06. The van der Waals surface area contributed by atoms with Gasteiger partial charge in [-0.1, -0.05) is 115 Å². The molecule has 4 aromatic heterocycles.